The van der Waals surface area contributed by atoms with Crippen LogP contribution in [0.25, 0.3) is 0 Å². The normalized spacial score (nSPS) is 12.2. The van der Waals surface area contributed by atoms with Crippen LogP contribution in [0.3, 0.4) is 0 Å². The highest BCUT2D eigenvalue weighted by molar-refractivity contribution is 6.30. The van der Waals surface area contributed by atoms with Crippen molar-refractivity contribution in [3.05, 3.63) is 34.9 Å². The van der Waals surface area contributed by atoms with E-state index in [0.717, 1.165) is 5.56 Å². The minimum absolute atomic E-state index is 0.209. The van der Waals surface area contributed by atoms with E-state index in [2.05, 4.69) is 0 Å². The zero-order valence-electron chi connectivity index (χ0n) is 9.28. The Balaban J connectivity index is 2.48. The average Bonchev–Trinajstić information content (AvgIpc) is 2.28. The molecule has 1 unspecified atom stereocenters. The number of rotatable bonds is 5. The van der Waals surface area contributed by atoms with Crippen LogP contribution in [0.5, 0.6) is 0 Å². The first-order chi connectivity index (χ1) is 7.67. The molecule has 0 saturated heterocycles. The largest absolute Gasteiger partial charge is 0.461 e. The number of halogens is 1. The molecule has 1 aromatic rings. The molecule has 0 saturated carbocycles. The van der Waals surface area contributed by atoms with Crippen LogP contribution < -0.4 is 5.73 Å². The highest BCUT2D eigenvalue weighted by Crippen LogP contribution is 2.12. The van der Waals surface area contributed by atoms with Gasteiger partial charge in [-0.3, -0.25) is 4.79 Å². The van der Waals surface area contributed by atoms with E-state index in [9.17, 15) is 4.79 Å². The lowest BCUT2D eigenvalue weighted by Crippen LogP contribution is -2.24. The molecule has 88 valence electrons. The minimum atomic E-state index is -0.245. The van der Waals surface area contributed by atoms with Gasteiger partial charge < -0.3 is 10.5 Å². The Morgan fingerprint density at radius 3 is 2.88 bits per heavy atom. The smallest absolute Gasteiger partial charge is 0.310 e. The maximum atomic E-state index is 11.5. The van der Waals surface area contributed by atoms with Gasteiger partial charge in [0.05, 0.1) is 5.92 Å². The molecule has 0 spiro atoms. The molecule has 1 atom stereocenters. The number of hydrogen-bond acceptors (Lipinski definition) is 3. The van der Waals surface area contributed by atoms with Crippen molar-refractivity contribution < 1.29 is 9.53 Å². The Morgan fingerprint density at radius 2 is 2.31 bits per heavy atom. The molecule has 0 bridgehead atoms. The van der Waals surface area contributed by atoms with E-state index in [1.54, 1.807) is 12.1 Å². The van der Waals surface area contributed by atoms with Crippen molar-refractivity contribution in [1.82, 2.24) is 0 Å². The summed E-state index contributed by atoms with van der Waals surface area (Å²) in [5.41, 5.74) is 6.34. The van der Waals surface area contributed by atoms with Gasteiger partial charge in [0.15, 0.2) is 0 Å². The molecule has 1 rings (SSSR count). The fraction of sp³-hybridized carbons (Fsp3) is 0.417. The number of carbonyl (C=O) groups is 1. The van der Waals surface area contributed by atoms with Gasteiger partial charge in [-0.15, -0.1) is 0 Å². The summed E-state index contributed by atoms with van der Waals surface area (Å²) in [7, 11) is 0. The van der Waals surface area contributed by atoms with E-state index in [1.165, 1.54) is 0 Å². The van der Waals surface area contributed by atoms with E-state index in [1.807, 2.05) is 19.1 Å². The van der Waals surface area contributed by atoms with Gasteiger partial charge in [-0.05, 0) is 24.1 Å². The topological polar surface area (TPSA) is 52.3 Å². The van der Waals surface area contributed by atoms with Crippen LogP contribution in [0.2, 0.25) is 5.02 Å². The Labute approximate surface area is 101 Å². The van der Waals surface area contributed by atoms with Gasteiger partial charge >= 0.3 is 5.97 Å². The van der Waals surface area contributed by atoms with Crippen molar-refractivity contribution in [1.29, 1.82) is 0 Å². The van der Waals surface area contributed by atoms with E-state index >= 15 is 0 Å². The summed E-state index contributed by atoms with van der Waals surface area (Å²) in [5.74, 6) is -0.454. The molecular weight excluding hydrogens is 226 g/mol. The number of ether oxygens (including phenoxy) is 1. The van der Waals surface area contributed by atoms with Crippen LogP contribution >= 0.6 is 11.6 Å². The second-order valence-corrected chi connectivity index (χ2v) is 4.01. The summed E-state index contributed by atoms with van der Waals surface area (Å²) < 4.78 is 5.15. The molecule has 16 heavy (non-hydrogen) atoms. The van der Waals surface area contributed by atoms with E-state index in [4.69, 9.17) is 22.1 Å². The predicted molar refractivity (Wildman–Crippen MR) is 64.1 cm³/mol. The third-order valence-electron chi connectivity index (χ3n) is 2.38. The molecule has 0 aliphatic rings. The van der Waals surface area contributed by atoms with Crippen LogP contribution in [0.1, 0.15) is 18.9 Å². The van der Waals surface area contributed by atoms with Gasteiger partial charge in [0.2, 0.25) is 0 Å². The van der Waals surface area contributed by atoms with Crippen molar-refractivity contribution in [3.8, 4) is 0 Å². The van der Waals surface area contributed by atoms with Crippen LogP contribution in [0.15, 0.2) is 24.3 Å². The minimum Gasteiger partial charge on any atom is -0.461 e. The summed E-state index contributed by atoms with van der Waals surface area (Å²) in [4.78, 5) is 11.5. The molecule has 0 fully saturated rings. The Hall–Kier alpha value is -1.06. The summed E-state index contributed by atoms with van der Waals surface area (Å²) >= 11 is 5.82. The fourth-order valence-corrected chi connectivity index (χ4v) is 1.54. The van der Waals surface area contributed by atoms with Crippen LogP contribution in [-0.2, 0) is 16.1 Å². The second kappa shape index (κ2) is 6.51. The number of nitrogens with two attached hydrogens (primary N) is 1. The third kappa shape index (κ3) is 3.83. The average molecular weight is 242 g/mol. The lowest BCUT2D eigenvalue weighted by atomic mass is 10.1. The Kier molecular flexibility index (Phi) is 5.29. The quantitative estimate of drug-likeness (QED) is 0.806. The molecular formula is C12H16ClNO2. The monoisotopic (exact) mass is 241 g/mol. The highest BCUT2D eigenvalue weighted by Gasteiger charge is 2.15. The summed E-state index contributed by atoms with van der Waals surface area (Å²) in [6, 6.07) is 7.24. The van der Waals surface area contributed by atoms with Gasteiger partial charge in [0, 0.05) is 11.6 Å². The van der Waals surface area contributed by atoms with Gasteiger partial charge in [0.25, 0.3) is 0 Å². The number of hydrogen-bond donors (Lipinski definition) is 1. The van der Waals surface area contributed by atoms with Crippen molar-refractivity contribution >= 4 is 17.6 Å². The van der Waals surface area contributed by atoms with Crippen LogP contribution in [-0.4, -0.2) is 12.5 Å². The molecule has 0 amide bonds. The number of esters is 1. The SMILES string of the molecule is CCC(CN)C(=O)OCc1cccc(Cl)c1. The Bertz CT molecular complexity index is 351. The molecule has 0 radical (unpaired) electrons. The zero-order valence-corrected chi connectivity index (χ0v) is 10.0. The van der Waals surface area contributed by atoms with E-state index in [0.29, 0.717) is 18.0 Å². The van der Waals surface area contributed by atoms with Crippen molar-refractivity contribution in [2.24, 2.45) is 11.7 Å². The van der Waals surface area contributed by atoms with Crippen molar-refractivity contribution in [2.45, 2.75) is 20.0 Å². The molecule has 2 N–H and O–H groups in total. The highest BCUT2D eigenvalue weighted by atomic mass is 35.5. The van der Waals surface area contributed by atoms with Crippen molar-refractivity contribution in [2.75, 3.05) is 6.54 Å². The molecule has 3 nitrogen and oxygen atoms in total. The lowest BCUT2D eigenvalue weighted by Gasteiger charge is -2.11. The molecule has 0 aromatic heterocycles. The molecule has 0 aliphatic heterocycles. The van der Waals surface area contributed by atoms with Gasteiger partial charge in [-0.2, -0.15) is 0 Å². The molecule has 1 aromatic carbocycles. The first kappa shape index (κ1) is 13.0. The third-order valence-corrected chi connectivity index (χ3v) is 2.62. The van der Waals surface area contributed by atoms with Crippen LogP contribution in [0, 0.1) is 5.92 Å². The second-order valence-electron chi connectivity index (χ2n) is 3.58. The van der Waals surface area contributed by atoms with Gasteiger partial charge in [-0.1, -0.05) is 30.7 Å². The lowest BCUT2D eigenvalue weighted by molar-refractivity contribution is -0.149. The first-order valence-corrected chi connectivity index (χ1v) is 5.66. The molecule has 4 heteroatoms. The standard InChI is InChI=1S/C12H16ClNO2/c1-2-10(7-14)12(15)16-8-9-4-3-5-11(13)6-9/h3-6,10H,2,7-8,14H2,1H3. The predicted octanol–water partition coefficient (Wildman–Crippen LogP) is 2.37. The van der Waals surface area contributed by atoms with Crippen molar-refractivity contribution in [3.63, 3.8) is 0 Å². The summed E-state index contributed by atoms with van der Waals surface area (Å²) in [5, 5.41) is 0.638. The van der Waals surface area contributed by atoms with Crippen LogP contribution in [0.4, 0.5) is 0 Å². The molecule has 0 heterocycles. The fourth-order valence-electron chi connectivity index (χ4n) is 1.33. The first-order valence-electron chi connectivity index (χ1n) is 5.28. The maximum absolute atomic E-state index is 11.5. The van der Waals surface area contributed by atoms with Gasteiger partial charge in [0.1, 0.15) is 6.61 Å². The molecule has 0 aliphatic carbocycles. The summed E-state index contributed by atoms with van der Waals surface area (Å²) in [6.07, 6.45) is 0.699. The number of carbonyl (C=O) groups excluding carboxylic acids is 1. The Morgan fingerprint density at radius 1 is 1.56 bits per heavy atom. The summed E-state index contributed by atoms with van der Waals surface area (Å²) in [6.45, 7) is 2.49. The van der Waals surface area contributed by atoms with E-state index < -0.39 is 0 Å². The maximum Gasteiger partial charge on any atom is 0.310 e. The van der Waals surface area contributed by atoms with E-state index in [-0.39, 0.29) is 18.5 Å². The number of benzene rings is 1. The van der Waals surface area contributed by atoms with Gasteiger partial charge in [-0.25, -0.2) is 0 Å². The zero-order chi connectivity index (χ0) is 12.0.